The number of carbonyl (C=O) groups is 1. The zero-order chi connectivity index (χ0) is 20.6. The Morgan fingerprint density at radius 2 is 1.79 bits per heavy atom. The largest absolute Gasteiger partial charge is 0.497 e. The Hall–Kier alpha value is -2.57. The normalized spacial score (nSPS) is 15.8. The van der Waals surface area contributed by atoms with Gasteiger partial charge in [-0.05, 0) is 42.3 Å². The highest BCUT2D eigenvalue weighted by Crippen LogP contribution is 2.16. The molecular formula is C23H30N2O4. The summed E-state index contributed by atoms with van der Waals surface area (Å²) in [5, 5.41) is 10.3. The number of rotatable bonds is 8. The molecule has 1 atom stereocenters. The zero-order valence-electron chi connectivity index (χ0n) is 17.2. The lowest BCUT2D eigenvalue weighted by Gasteiger charge is -2.35. The van der Waals surface area contributed by atoms with Gasteiger partial charge in [-0.15, -0.1) is 0 Å². The first-order valence-electron chi connectivity index (χ1n) is 10.1. The number of hydrogen-bond donors (Lipinski definition) is 1. The van der Waals surface area contributed by atoms with Gasteiger partial charge in [-0.3, -0.25) is 9.69 Å². The zero-order valence-corrected chi connectivity index (χ0v) is 17.2. The number of hydrogen-bond acceptors (Lipinski definition) is 5. The van der Waals surface area contributed by atoms with E-state index >= 15 is 0 Å². The van der Waals surface area contributed by atoms with Crippen molar-refractivity contribution < 1.29 is 19.4 Å². The summed E-state index contributed by atoms with van der Waals surface area (Å²) in [7, 11) is 1.59. The number of benzene rings is 2. The van der Waals surface area contributed by atoms with Gasteiger partial charge in [-0.2, -0.15) is 0 Å². The number of β-amino-alcohol motifs (C(OH)–C–C–N with tert-alkyl or cyclic N) is 1. The molecule has 1 aliphatic heterocycles. The fourth-order valence-corrected chi connectivity index (χ4v) is 3.44. The maximum Gasteiger partial charge on any atom is 0.254 e. The van der Waals surface area contributed by atoms with Crippen molar-refractivity contribution in [2.24, 2.45) is 0 Å². The third-order valence-corrected chi connectivity index (χ3v) is 5.22. The van der Waals surface area contributed by atoms with Gasteiger partial charge in [-0.1, -0.05) is 25.1 Å². The van der Waals surface area contributed by atoms with Crippen molar-refractivity contribution in [3.8, 4) is 11.5 Å². The molecule has 0 aliphatic carbocycles. The highest BCUT2D eigenvalue weighted by molar-refractivity contribution is 5.94. The first-order valence-corrected chi connectivity index (χ1v) is 10.1. The molecule has 0 aromatic heterocycles. The summed E-state index contributed by atoms with van der Waals surface area (Å²) < 4.78 is 10.9. The average molecular weight is 399 g/mol. The van der Waals surface area contributed by atoms with Crippen LogP contribution in [0.15, 0.2) is 48.5 Å². The van der Waals surface area contributed by atoms with Crippen LogP contribution in [0.25, 0.3) is 0 Å². The van der Waals surface area contributed by atoms with E-state index in [1.807, 2.05) is 47.4 Å². The predicted molar refractivity (Wildman–Crippen MR) is 113 cm³/mol. The lowest BCUT2D eigenvalue weighted by molar-refractivity contribution is 0.0403. The van der Waals surface area contributed by atoms with Crippen LogP contribution in [0.1, 0.15) is 22.8 Å². The van der Waals surface area contributed by atoms with E-state index in [1.54, 1.807) is 13.2 Å². The molecule has 0 saturated carbocycles. The number of ether oxygens (including phenoxy) is 2. The Morgan fingerprint density at radius 1 is 1.07 bits per heavy atom. The second-order valence-electron chi connectivity index (χ2n) is 7.29. The predicted octanol–water partition coefficient (Wildman–Crippen LogP) is 2.46. The van der Waals surface area contributed by atoms with Crippen LogP contribution in [0.2, 0.25) is 0 Å². The minimum atomic E-state index is -0.568. The number of piperazine rings is 1. The first kappa shape index (κ1) is 21.1. The molecule has 0 bridgehead atoms. The molecule has 1 aliphatic rings. The number of aliphatic hydroxyl groups is 1. The van der Waals surface area contributed by atoms with E-state index in [2.05, 4.69) is 11.8 Å². The molecule has 156 valence electrons. The third-order valence-electron chi connectivity index (χ3n) is 5.22. The van der Waals surface area contributed by atoms with Crippen LogP contribution in [0.4, 0.5) is 0 Å². The van der Waals surface area contributed by atoms with Crippen LogP contribution in [0, 0.1) is 0 Å². The molecule has 0 spiro atoms. The van der Waals surface area contributed by atoms with E-state index in [0.29, 0.717) is 30.9 Å². The molecule has 1 amide bonds. The maximum atomic E-state index is 12.7. The monoisotopic (exact) mass is 398 g/mol. The molecule has 29 heavy (non-hydrogen) atoms. The van der Waals surface area contributed by atoms with Crippen molar-refractivity contribution in [3.63, 3.8) is 0 Å². The molecule has 1 saturated heterocycles. The van der Waals surface area contributed by atoms with Gasteiger partial charge in [0.15, 0.2) is 0 Å². The molecule has 1 heterocycles. The second kappa shape index (κ2) is 10.3. The minimum absolute atomic E-state index is 0.0166. The molecule has 1 N–H and O–H groups in total. The van der Waals surface area contributed by atoms with Crippen LogP contribution in [-0.2, 0) is 6.42 Å². The Labute approximate surface area is 172 Å². The van der Waals surface area contributed by atoms with E-state index in [0.717, 1.165) is 25.3 Å². The third kappa shape index (κ3) is 5.95. The molecule has 3 rings (SSSR count). The summed E-state index contributed by atoms with van der Waals surface area (Å²) in [6, 6.07) is 15.2. The van der Waals surface area contributed by atoms with Crippen LogP contribution in [0.3, 0.4) is 0 Å². The first-order chi connectivity index (χ1) is 14.1. The average Bonchev–Trinajstić information content (AvgIpc) is 2.78. The van der Waals surface area contributed by atoms with Crippen molar-refractivity contribution in [1.29, 1.82) is 0 Å². The number of aliphatic hydroxyl groups excluding tert-OH is 1. The second-order valence-corrected chi connectivity index (χ2v) is 7.29. The van der Waals surface area contributed by atoms with Gasteiger partial charge < -0.3 is 19.5 Å². The number of nitrogens with zero attached hydrogens (tertiary/aromatic N) is 2. The summed E-state index contributed by atoms with van der Waals surface area (Å²) in [6.07, 6.45) is 0.427. The van der Waals surface area contributed by atoms with Crippen molar-refractivity contribution in [1.82, 2.24) is 9.80 Å². The lowest BCUT2D eigenvalue weighted by Crippen LogP contribution is -2.50. The molecule has 2 aromatic carbocycles. The van der Waals surface area contributed by atoms with Gasteiger partial charge in [0, 0.05) is 38.3 Å². The molecule has 1 fully saturated rings. The number of carbonyl (C=O) groups excluding carboxylic acids is 1. The van der Waals surface area contributed by atoms with E-state index < -0.39 is 6.10 Å². The van der Waals surface area contributed by atoms with Gasteiger partial charge >= 0.3 is 0 Å². The molecular weight excluding hydrogens is 368 g/mol. The van der Waals surface area contributed by atoms with Gasteiger partial charge in [0.1, 0.15) is 24.2 Å². The SMILES string of the molecule is CCc1ccc(OCC(O)CN2CCN(C(=O)c3cccc(OC)c3)CC2)cc1. The summed E-state index contributed by atoms with van der Waals surface area (Å²) in [4.78, 5) is 16.7. The van der Waals surface area contributed by atoms with Gasteiger partial charge in [0.05, 0.1) is 7.11 Å². The summed E-state index contributed by atoms with van der Waals surface area (Å²) >= 11 is 0. The highest BCUT2D eigenvalue weighted by Gasteiger charge is 2.23. The molecule has 2 aromatic rings. The number of amides is 1. The van der Waals surface area contributed by atoms with E-state index in [-0.39, 0.29) is 12.5 Å². The quantitative estimate of drug-likeness (QED) is 0.740. The van der Waals surface area contributed by atoms with E-state index in [4.69, 9.17) is 9.47 Å². The van der Waals surface area contributed by atoms with Crippen molar-refractivity contribution in [3.05, 3.63) is 59.7 Å². The van der Waals surface area contributed by atoms with Crippen molar-refractivity contribution >= 4 is 5.91 Å². The fraction of sp³-hybridized carbons (Fsp3) is 0.435. The summed E-state index contributed by atoms with van der Waals surface area (Å²) in [5.41, 5.74) is 1.90. The molecule has 6 heteroatoms. The van der Waals surface area contributed by atoms with Crippen LogP contribution < -0.4 is 9.47 Å². The van der Waals surface area contributed by atoms with Gasteiger partial charge in [0.2, 0.25) is 0 Å². The van der Waals surface area contributed by atoms with Crippen LogP contribution in [-0.4, -0.2) is 73.4 Å². The Morgan fingerprint density at radius 3 is 2.45 bits per heavy atom. The molecule has 0 radical (unpaired) electrons. The molecule has 1 unspecified atom stereocenters. The Bertz CT molecular complexity index is 786. The number of methoxy groups -OCH3 is 1. The van der Waals surface area contributed by atoms with E-state index in [1.165, 1.54) is 5.56 Å². The smallest absolute Gasteiger partial charge is 0.254 e. The topological polar surface area (TPSA) is 62.2 Å². The van der Waals surface area contributed by atoms with E-state index in [9.17, 15) is 9.90 Å². The van der Waals surface area contributed by atoms with Crippen LogP contribution in [0.5, 0.6) is 11.5 Å². The molecule has 6 nitrogen and oxygen atoms in total. The summed E-state index contributed by atoms with van der Waals surface area (Å²) in [5.74, 6) is 1.47. The van der Waals surface area contributed by atoms with Crippen LogP contribution >= 0.6 is 0 Å². The Kier molecular flexibility index (Phi) is 7.49. The minimum Gasteiger partial charge on any atom is -0.497 e. The van der Waals surface area contributed by atoms with Crippen molar-refractivity contribution in [2.75, 3.05) is 46.4 Å². The fourth-order valence-electron chi connectivity index (χ4n) is 3.44. The van der Waals surface area contributed by atoms with Gasteiger partial charge in [-0.25, -0.2) is 0 Å². The maximum absolute atomic E-state index is 12.7. The van der Waals surface area contributed by atoms with Crippen molar-refractivity contribution in [2.45, 2.75) is 19.4 Å². The summed E-state index contributed by atoms with van der Waals surface area (Å²) in [6.45, 7) is 5.66. The highest BCUT2D eigenvalue weighted by atomic mass is 16.5. The lowest BCUT2D eigenvalue weighted by atomic mass is 10.1. The van der Waals surface area contributed by atoms with Gasteiger partial charge in [0.25, 0.3) is 5.91 Å². The Balaban J connectivity index is 1.42. The standard InChI is InChI=1S/C23H30N2O4/c1-3-18-7-9-21(10-8-18)29-17-20(26)16-24-11-13-25(14-12-24)23(27)19-5-4-6-22(15-19)28-2/h4-10,15,20,26H,3,11-14,16-17H2,1-2H3. The number of aryl methyl sites for hydroxylation is 1.